The minimum atomic E-state index is -0.459. The van der Waals surface area contributed by atoms with Crippen LogP contribution in [-0.2, 0) is 9.53 Å². The van der Waals surface area contributed by atoms with Gasteiger partial charge in [-0.1, -0.05) is 15.9 Å². The van der Waals surface area contributed by atoms with Gasteiger partial charge in [-0.15, -0.1) is 0 Å². The highest BCUT2D eigenvalue weighted by atomic mass is 79.9. The third-order valence-corrected chi connectivity index (χ3v) is 3.06. The average molecular weight is 300 g/mol. The van der Waals surface area contributed by atoms with Gasteiger partial charge >= 0.3 is 0 Å². The Morgan fingerprint density at radius 1 is 1.41 bits per heavy atom. The van der Waals surface area contributed by atoms with Gasteiger partial charge in [0.15, 0.2) is 0 Å². The number of nitro benzene ring substituents is 1. The summed E-state index contributed by atoms with van der Waals surface area (Å²) in [4.78, 5) is 21.6. The highest BCUT2D eigenvalue weighted by Crippen LogP contribution is 2.31. The molecule has 6 heteroatoms. The molecule has 0 N–H and O–H groups in total. The van der Waals surface area contributed by atoms with Crippen LogP contribution in [0.1, 0.15) is 24.5 Å². The zero-order chi connectivity index (χ0) is 12.4. The highest BCUT2D eigenvalue weighted by Gasteiger charge is 2.23. The smallest absolute Gasteiger partial charge is 0.270 e. The van der Waals surface area contributed by atoms with E-state index in [1.165, 1.54) is 12.1 Å². The minimum Gasteiger partial charge on any atom is -0.373 e. The van der Waals surface area contributed by atoms with Crippen molar-refractivity contribution in [3.8, 4) is 0 Å². The maximum Gasteiger partial charge on any atom is 0.270 e. The molecule has 5 nitrogen and oxygen atoms in total. The lowest BCUT2D eigenvalue weighted by Gasteiger charge is -2.22. The summed E-state index contributed by atoms with van der Waals surface area (Å²) in [7, 11) is 0. The summed E-state index contributed by atoms with van der Waals surface area (Å²) in [5, 5.41) is 10.7. The van der Waals surface area contributed by atoms with Gasteiger partial charge in [-0.25, -0.2) is 0 Å². The number of benzene rings is 1. The molecule has 1 atom stereocenters. The van der Waals surface area contributed by atoms with E-state index in [2.05, 4.69) is 15.9 Å². The van der Waals surface area contributed by atoms with Crippen LogP contribution in [0.4, 0.5) is 5.69 Å². The molecule has 0 spiro atoms. The largest absolute Gasteiger partial charge is 0.373 e. The summed E-state index contributed by atoms with van der Waals surface area (Å²) in [6.45, 7) is 0.379. The van der Waals surface area contributed by atoms with E-state index in [1.54, 1.807) is 6.07 Å². The molecular weight excluding hydrogens is 290 g/mol. The summed E-state index contributed by atoms with van der Waals surface area (Å²) in [6, 6.07) is 4.62. The molecule has 1 unspecified atom stereocenters. The van der Waals surface area contributed by atoms with Gasteiger partial charge in [-0.3, -0.25) is 14.9 Å². The first-order valence-corrected chi connectivity index (χ1v) is 5.94. The fourth-order valence-corrected chi connectivity index (χ4v) is 2.28. The second-order valence-electron chi connectivity index (χ2n) is 3.85. The molecule has 1 aliphatic heterocycles. The van der Waals surface area contributed by atoms with Gasteiger partial charge in [0.2, 0.25) is 0 Å². The molecule has 1 fully saturated rings. The van der Waals surface area contributed by atoms with Crippen LogP contribution in [0.5, 0.6) is 0 Å². The quantitative estimate of drug-likeness (QED) is 0.622. The van der Waals surface area contributed by atoms with Crippen molar-refractivity contribution >= 4 is 27.4 Å². The predicted molar refractivity (Wildman–Crippen MR) is 63.7 cm³/mol. The van der Waals surface area contributed by atoms with Gasteiger partial charge in [0.05, 0.1) is 17.6 Å². The number of hydrogen-bond acceptors (Lipinski definition) is 4. The first-order valence-electron chi connectivity index (χ1n) is 5.14. The van der Waals surface area contributed by atoms with E-state index in [0.717, 1.165) is 0 Å². The van der Waals surface area contributed by atoms with Crippen LogP contribution in [0, 0.1) is 10.1 Å². The van der Waals surface area contributed by atoms with E-state index in [0.29, 0.717) is 23.1 Å². The lowest BCUT2D eigenvalue weighted by Crippen LogP contribution is -2.19. The molecule has 90 valence electrons. The zero-order valence-corrected chi connectivity index (χ0v) is 10.5. The third kappa shape index (κ3) is 2.89. The number of ketones is 1. The van der Waals surface area contributed by atoms with E-state index in [9.17, 15) is 14.9 Å². The van der Waals surface area contributed by atoms with Gasteiger partial charge in [0.1, 0.15) is 5.78 Å². The van der Waals surface area contributed by atoms with E-state index < -0.39 is 4.92 Å². The summed E-state index contributed by atoms with van der Waals surface area (Å²) in [6.07, 6.45) is 0.340. The van der Waals surface area contributed by atoms with Crippen molar-refractivity contribution in [2.45, 2.75) is 18.9 Å². The molecule has 0 aliphatic carbocycles. The molecule has 0 saturated carbocycles. The Morgan fingerprint density at radius 3 is 2.82 bits per heavy atom. The van der Waals surface area contributed by atoms with Crippen LogP contribution >= 0.6 is 15.9 Å². The number of Topliss-reactive ketones (excluding diaryl/α,β-unsaturated/α-hetero) is 1. The third-order valence-electron chi connectivity index (χ3n) is 2.60. The van der Waals surface area contributed by atoms with Crippen molar-refractivity contribution in [3.63, 3.8) is 0 Å². The summed E-state index contributed by atoms with van der Waals surface area (Å²) in [5.41, 5.74) is 0.662. The molecule has 1 aromatic carbocycles. The molecule has 1 aromatic rings. The number of carbonyl (C=O) groups is 1. The van der Waals surface area contributed by atoms with Crippen LogP contribution in [0.2, 0.25) is 0 Å². The molecule has 1 saturated heterocycles. The average Bonchev–Trinajstić information content (AvgIpc) is 2.28. The Hall–Kier alpha value is -1.27. The van der Waals surface area contributed by atoms with Gasteiger partial charge in [0.25, 0.3) is 5.69 Å². The molecule has 1 aliphatic rings. The van der Waals surface area contributed by atoms with Gasteiger partial charge in [-0.05, 0) is 11.6 Å². The zero-order valence-electron chi connectivity index (χ0n) is 8.89. The lowest BCUT2D eigenvalue weighted by atomic mass is 10.0. The maximum absolute atomic E-state index is 11.3. The molecule has 1 heterocycles. The number of carbonyl (C=O) groups excluding carboxylic acids is 1. The van der Waals surface area contributed by atoms with Crippen molar-refractivity contribution in [1.82, 2.24) is 0 Å². The Kier molecular flexibility index (Phi) is 3.54. The first kappa shape index (κ1) is 12.2. The van der Waals surface area contributed by atoms with Gasteiger partial charge in [-0.2, -0.15) is 0 Å². The molecule has 0 radical (unpaired) electrons. The van der Waals surface area contributed by atoms with Crippen molar-refractivity contribution in [3.05, 3.63) is 38.3 Å². The second-order valence-corrected chi connectivity index (χ2v) is 4.77. The maximum atomic E-state index is 11.3. The number of halogens is 1. The first-order chi connectivity index (χ1) is 8.06. The fourth-order valence-electron chi connectivity index (χ4n) is 1.78. The number of hydrogen-bond donors (Lipinski definition) is 0. The van der Waals surface area contributed by atoms with E-state index >= 15 is 0 Å². The highest BCUT2D eigenvalue weighted by molar-refractivity contribution is 9.10. The van der Waals surface area contributed by atoms with Crippen molar-refractivity contribution in [1.29, 1.82) is 0 Å². The van der Waals surface area contributed by atoms with Crippen LogP contribution in [-0.4, -0.2) is 17.3 Å². The van der Waals surface area contributed by atoms with Crippen LogP contribution in [0.25, 0.3) is 0 Å². The molecule has 0 aromatic heterocycles. The Labute approximate surface area is 106 Å². The number of nitrogens with zero attached hydrogens (tertiary/aromatic N) is 1. The van der Waals surface area contributed by atoms with E-state index in [-0.39, 0.29) is 24.0 Å². The summed E-state index contributed by atoms with van der Waals surface area (Å²) in [5.74, 6) is 0.129. The van der Waals surface area contributed by atoms with Gasteiger partial charge in [0, 0.05) is 29.4 Å². The standard InChI is InChI=1S/C11H10BrNO4/c12-8-3-7(4-9(5-8)13(15)16)11-6-10(14)1-2-17-11/h3-5,11H,1-2,6H2. The Bertz CT molecular complexity index is 475. The number of non-ortho nitro benzene ring substituents is 1. The van der Waals surface area contributed by atoms with Crippen LogP contribution in [0.3, 0.4) is 0 Å². The van der Waals surface area contributed by atoms with Crippen molar-refractivity contribution < 1.29 is 14.5 Å². The topological polar surface area (TPSA) is 69.4 Å². The molecule has 0 bridgehead atoms. The van der Waals surface area contributed by atoms with Crippen molar-refractivity contribution in [2.75, 3.05) is 6.61 Å². The van der Waals surface area contributed by atoms with E-state index in [4.69, 9.17) is 4.74 Å². The van der Waals surface area contributed by atoms with Crippen molar-refractivity contribution in [2.24, 2.45) is 0 Å². The number of nitro groups is 1. The molecule has 17 heavy (non-hydrogen) atoms. The second kappa shape index (κ2) is 4.93. The molecule has 2 rings (SSSR count). The Balaban J connectivity index is 2.31. The summed E-state index contributed by atoms with van der Waals surface area (Å²) < 4.78 is 6.07. The molecule has 0 amide bonds. The van der Waals surface area contributed by atoms with Crippen LogP contribution < -0.4 is 0 Å². The summed E-state index contributed by atoms with van der Waals surface area (Å²) >= 11 is 3.22. The Morgan fingerprint density at radius 2 is 2.18 bits per heavy atom. The van der Waals surface area contributed by atoms with E-state index in [1.807, 2.05) is 0 Å². The predicted octanol–water partition coefficient (Wildman–Crippen LogP) is 2.78. The number of rotatable bonds is 2. The van der Waals surface area contributed by atoms with Crippen LogP contribution in [0.15, 0.2) is 22.7 Å². The molecular formula is C11H10BrNO4. The lowest BCUT2D eigenvalue weighted by molar-refractivity contribution is -0.385. The fraction of sp³-hybridized carbons (Fsp3) is 0.364. The monoisotopic (exact) mass is 299 g/mol. The minimum absolute atomic E-state index is 0.00371. The SMILES string of the molecule is O=C1CCOC(c2cc(Br)cc([N+](=O)[O-])c2)C1. The number of ether oxygens (including phenoxy) is 1. The normalized spacial score (nSPS) is 20.3. The van der Waals surface area contributed by atoms with Gasteiger partial charge < -0.3 is 4.74 Å².